The maximum atomic E-state index is 13.1. The van der Waals surface area contributed by atoms with Crippen molar-refractivity contribution in [3.63, 3.8) is 0 Å². The molecule has 1 aromatic rings. The van der Waals surface area contributed by atoms with Crippen molar-refractivity contribution in [3.05, 3.63) is 24.0 Å². The van der Waals surface area contributed by atoms with Crippen molar-refractivity contribution in [2.45, 2.75) is 19.4 Å². The van der Waals surface area contributed by atoms with Crippen LogP contribution in [0, 0.1) is 17.1 Å². The summed E-state index contributed by atoms with van der Waals surface area (Å²) in [6.07, 6.45) is 0.500. The molecule has 0 bridgehead atoms. The number of benzene rings is 1. The van der Waals surface area contributed by atoms with E-state index in [2.05, 4.69) is 6.07 Å². The molecule has 1 atom stereocenters. The van der Waals surface area contributed by atoms with Gasteiger partial charge in [-0.2, -0.15) is 5.26 Å². The van der Waals surface area contributed by atoms with Crippen LogP contribution in [0.2, 0.25) is 0 Å². The molecule has 4 heteroatoms. The summed E-state index contributed by atoms with van der Waals surface area (Å²) in [7, 11) is 0. The molecule has 84 valence electrons. The van der Waals surface area contributed by atoms with Crippen LogP contribution < -0.4 is 9.64 Å². The summed E-state index contributed by atoms with van der Waals surface area (Å²) in [5.41, 5.74) is 0.744. The van der Waals surface area contributed by atoms with E-state index < -0.39 is 0 Å². The lowest BCUT2D eigenvalue weighted by Gasteiger charge is -2.34. The minimum Gasteiger partial charge on any atom is -0.487 e. The van der Waals surface area contributed by atoms with Gasteiger partial charge in [-0.3, -0.25) is 0 Å². The van der Waals surface area contributed by atoms with Crippen molar-refractivity contribution < 1.29 is 9.13 Å². The lowest BCUT2D eigenvalue weighted by molar-refractivity contribution is 0.212. The lowest BCUT2D eigenvalue weighted by atomic mass is 10.2. The summed E-state index contributed by atoms with van der Waals surface area (Å²) in [4.78, 5) is 2.00. The molecule has 0 N–H and O–H groups in total. The van der Waals surface area contributed by atoms with Gasteiger partial charge in [-0.25, -0.2) is 4.39 Å². The molecule has 0 aliphatic carbocycles. The van der Waals surface area contributed by atoms with Gasteiger partial charge < -0.3 is 9.64 Å². The Morgan fingerprint density at radius 2 is 2.44 bits per heavy atom. The average Bonchev–Trinajstić information content (AvgIpc) is 2.26. The highest BCUT2D eigenvalue weighted by atomic mass is 19.1. The first kappa shape index (κ1) is 10.7. The predicted octanol–water partition coefficient (Wildman–Crippen LogP) is 2.33. The molecular formula is C12H13FN2O. The largest absolute Gasteiger partial charge is 0.487 e. The fraction of sp³-hybridized carbons (Fsp3) is 0.417. The maximum absolute atomic E-state index is 13.1. The molecule has 0 saturated carbocycles. The van der Waals surface area contributed by atoms with Crippen LogP contribution in [0.25, 0.3) is 0 Å². The topological polar surface area (TPSA) is 36.3 Å². The number of ether oxygens (including phenoxy) is 1. The smallest absolute Gasteiger partial charge is 0.143 e. The quantitative estimate of drug-likeness (QED) is 0.767. The van der Waals surface area contributed by atoms with E-state index in [9.17, 15) is 4.39 Å². The zero-order valence-electron chi connectivity index (χ0n) is 9.11. The van der Waals surface area contributed by atoms with Gasteiger partial charge in [0.05, 0.1) is 24.7 Å². The van der Waals surface area contributed by atoms with Gasteiger partial charge in [0.25, 0.3) is 0 Å². The number of rotatable bonds is 2. The standard InChI is InChI=1S/C12H13FN2O/c1-9-8-15(6-2-5-14)11-7-10(13)3-4-12(11)16-9/h3-4,7,9H,2,6,8H2,1H3. The van der Waals surface area contributed by atoms with Crippen LogP contribution in [0.3, 0.4) is 0 Å². The maximum Gasteiger partial charge on any atom is 0.143 e. The summed E-state index contributed by atoms with van der Waals surface area (Å²) >= 11 is 0. The molecule has 1 heterocycles. The number of halogens is 1. The summed E-state index contributed by atoms with van der Waals surface area (Å²) in [5.74, 6) is 0.414. The predicted molar refractivity (Wildman–Crippen MR) is 58.9 cm³/mol. The Bertz CT molecular complexity index is 428. The highest BCUT2D eigenvalue weighted by Crippen LogP contribution is 2.33. The molecule has 1 aliphatic rings. The Hall–Kier alpha value is -1.76. The number of nitriles is 1. The summed E-state index contributed by atoms with van der Waals surface area (Å²) in [6, 6.07) is 6.58. The molecule has 2 rings (SSSR count). The van der Waals surface area contributed by atoms with E-state index in [1.165, 1.54) is 12.1 Å². The number of fused-ring (bicyclic) bond motifs is 1. The Labute approximate surface area is 94.0 Å². The third-order valence-corrected chi connectivity index (χ3v) is 2.56. The summed E-state index contributed by atoms with van der Waals surface area (Å²) in [6.45, 7) is 3.27. The van der Waals surface area contributed by atoms with Gasteiger partial charge in [0, 0.05) is 12.6 Å². The fourth-order valence-corrected chi connectivity index (χ4v) is 1.90. The zero-order valence-corrected chi connectivity index (χ0v) is 9.11. The minimum atomic E-state index is -0.279. The van der Waals surface area contributed by atoms with Gasteiger partial charge in [-0.15, -0.1) is 0 Å². The van der Waals surface area contributed by atoms with Crippen LogP contribution in [0.5, 0.6) is 5.75 Å². The number of nitrogens with zero attached hydrogens (tertiary/aromatic N) is 2. The molecule has 0 amide bonds. The molecule has 0 spiro atoms. The monoisotopic (exact) mass is 220 g/mol. The van der Waals surface area contributed by atoms with E-state index in [1.807, 2.05) is 11.8 Å². The van der Waals surface area contributed by atoms with Gasteiger partial charge in [0.2, 0.25) is 0 Å². The third kappa shape index (κ3) is 2.08. The van der Waals surface area contributed by atoms with Gasteiger partial charge in [0.15, 0.2) is 0 Å². The van der Waals surface area contributed by atoms with Crippen LogP contribution in [0.1, 0.15) is 13.3 Å². The van der Waals surface area contributed by atoms with Crippen LogP contribution in [-0.2, 0) is 0 Å². The SMILES string of the molecule is CC1CN(CCC#N)c2cc(F)ccc2O1. The average molecular weight is 220 g/mol. The number of anilines is 1. The highest BCUT2D eigenvalue weighted by molar-refractivity contribution is 5.60. The van der Waals surface area contributed by atoms with Gasteiger partial charge in [0.1, 0.15) is 17.7 Å². The first-order valence-electron chi connectivity index (χ1n) is 5.29. The Balaban J connectivity index is 2.28. The second kappa shape index (κ2) is 4.40. The van der Waals surface area contributed by atoms with Crippen molar-refractivity contribution in [1.29, 1.82) is 5.26 Å². The lowest BCUT2D eigenvalue weighted by Crippen LogP contribution is -2.38. The first-order chi connectivity index (χ1) is 7.70. The Morgan fingerprint density at radius 1 is 1.62 bits per heavy atom. The molecule has 1 aromatic carbocycles. The summed E-state index contributed by atoms with van der Waals surface area (Å²) in [5, 5.41) is 8.58. The molecule has 3 nitrogen and oxygen atoms in total. The molecule has 1 unspecified atom stereocenters. The van der Waals surface area contributed by atoms with E-state index >= 15 is 0 Å². The van der Waals surface area contributed by atoms with E-state index in [4.69, 9.17) is 10.00 Å². The van der Waals surface area contributed by atoms with Crippen molar-refractivity contribution in [2.24, 2.45) is 0 Å². The second-order valence-corrected chi connectivity index (χ2v) is 3.89. The molecular weight excluding hydrogens is 207 g/mol. The number of hydrogen-bond acceptors (Lipinski definition) is 3. The Morgan fingerprint density at radius 3 is 3.19 bits per heavy atom. The molecule has 0 radical (unpaired) electrons. The van der Waals surface area contributed by atoms with Gasteiger partial charge in [-0.1, -0.05) is 0 Å². The van der Waals surface area contributed by atoms with Crippen molar-refractivity contribution in [2.75, 3.05) is 18.0 Å². The van der Waals surface area contributed by atoms with Crippen LogP contribution in [-0.4, -0.2) is 19.2 Å². The molecule has 16 heavy (non-hydrogen) atoms. The summed E-state index contributed by atoms with van der Waals surface area (Å²) < 4.78 is 18.7. The number of hydrogen-bond donors (Lipinski definition) is 0. The highest BCUT2D eigenvalue weighted by Gasteiger charge is 2.22. The molecule has 0 saturated heterocycles. The van der Waals surface area contributed by atoms with Crippen molar-refractivity contribution in [3.8, 4) is 11.8 Å². The molecule has 0 fully saturated rings. The van der Waals surface area contributed by atoms with Crippen molar-refractivity contribution >= 4 is 5.69 Å². The minimum absolute atomic E-state index is 0.0663. The van der Waals surface area contributed by atoms with E-state index in [-0.39, 0.29) is 11.9 Å². The van der Waals surface area contributed by atoms with Crippen LogP contribution in [0.4, 0.5) is 10.1 Å². The Kier molecular flexibility index (Phi) is 2.95. The fourth-order valence-electron chi connectivity index (χ4n) is 1.90. The van der Waals surface area contributed by atoms with Gasteiger partial charge in [-0.05, 0) is 19.1 Å². The molecule has 1 aliphatic heterocycles. The van der Waals surface area contributed by atoms with E-state index in [0.717, 1.165) is 5.69 Å². The van der Waals surface area contributed by atoms with Crippen LogP contribution in [0.15, 0.2) is 18.2 Å². The molecule has 0 aromatic heterocycles. The second-order valence-electron chi connectivity index (χ2n) is 3.89. The first-order valence-corrected chi connectivity index (χ1v) is 5.29. The third-order valence-electron chi connectivity index (χ3n) is 2.56. The van der Waals surface area contributed by atoms with E-state index in [1.54, 1.807) is 6.07 Å². The zero-order chi connectivity index (χ0) is 11.5. The van der Waals surface area contributed by atoms with Gasteiger partial charge >= 0.3 is 0 Å². The van der Waals surface area contributed by atoms with E-state index in [0.29, 0.717) is 25.3 Å². The van der Waals surface area contributed by atoms with Crippen LogP contribution >= 0.6 is 0 Å². The van der Waals surface area contributed by atoms with Crippen molar-refractivity contribution in [1.82, 2.24) is 0 Å². The normalized spacial score (nSPS) is 18.6.